The summed E-state index contributed by atoms with van der Waals surface area (Å²) in [5.41, 5.74) is 0. The van der Waals surface area contributed by atoms with Crippen LogP contribution in [0.25, 0.3) is 0 Å². The molecule has 0 radical (unpaired) electrons. The van der Waals surface area contributed by atoms with Gasteiger partial charge in [-0.1, -0.05) is 162 Å². The maximum atomic E-state index is 11.6. The van der Waals surface area contributed by atoms with Gasteiger partial charge in [0.2, 0.25) is 0 Å². The predicted molar refractivity (Wildman–Crippen MR) is 142 cm³/mol. The molecule has 0 saturated carbocycles. The van der Waals surface area contributed by atoms with E-state index in [1.165, 1.54) is 141 Å². The Balaban J connectivity index is 3.07. The van der Waals surface area contributed by atoms with E-state index in [4.69, 9.17) is 4.74 Å². The third kappa shape index (κ3) is 27.5. The molecule has 32 heavy (non-hydrogen) atoms. The average Bonchev–Trinajstić information content (AvgIpc) is 2.80. The molecular weight excluding hydrogens is 392 g/mol. The Hall–Kier alpha value is -0.530. The van der Waals surface area contributed by atoms with Crippen LogP contribution in [0.2, 0.25) is 0 Å². The first-order chi connectivity index (χ1) is 15.8. The van der Waals surface area contributed by atoms with Crippen molar-refractivity contribution in [1.82, 2.24) is 0 Å². The van der Waals surface area contributed by atoms with E-state index in [1.54, 1.807) is 0 Å². The van der Waals surface area contributed by atoms with Crippen molar-refractivity contribution in [2.45, 2.75) is 181 Å². The first-order valence-corrected chi connectivity index (χ1v) is 15.0. The minimum atomic E-state index is 0.00858. The molecular formula is C30H60O2. The molecule has 0 aliphatic rings. The zero-order valence-electron chi connectivity index (χ0n) is 22.4. The molecule has 0 spiro atoms. The standard InChI is InChI=1S/C30H60O2/c1-3-5-7-9-10-11-12-13-14-15-16-17-18-19-20-21-22-23-24-25-27-29-32-30(31)28-26-8-6-4-2/h3-29H2,1-2H3. The summed E-state index contributed by atoms with van der Waals surface area (Å²) in [7, 11) is 0. The van der Waals surface area contributed by atoms with E-state index >= 15 is 0 Å². The molecule has 0 rings (SSSR count). The lowest BCUT2D eigenvalue weighted by Gasteiger charge is -2.05. The molecule has 0 aromatic heterocycles. The highest BCUT2D eigenvalue weighted by Gasteiger charge is 2.02. The zero-order valence-corrected chi connectivity index (χ0v) is 22.4. The van der Waals surface area contributed by atoms with Crippen LogP contribution in [-0.2, 0) is 9.53 Å². The highest BCUT2D eigenvalue weighted by molar-refractivity contribution is 5.69. The van der Waals surface area contributed by atoms with Crippen molar-refractivity contribution >= 4 is 5.97 Å². The highest BCUT2D eigenvalue weighted by Crippen LogP contribution is 2.15. The lowest BCUT2D eigenvalue weighted by atomic mass is 10.0. The normalized spacial score (nSPS) is 11.2. The van der Waals surface area contributed by atoms with Crippen molar-refractivity contribution in [3.05, 3.63) is 0 Å². The molecule has 0 aliphatic heterocycles. The lowest BCUT2D eigenvalue weighted by Crippen LogP contribution is -2.05. The van der Waals surface area contributed by atoms with E-state index in [0.717, 1.165) is 19.3 Å². The summed E-state index contributed by atoms with van der Waals surface area (Å²) in [6, 6.07) is 0. The van der Waals surface area contributed by atoms with E-state index in [9.17, 15) is 4.79 Å². The Kier molecular flexibility index (Phi) is 28.0. The van der Waals surface area contributed by atoms with Gasteiger partial charge in [0.15, 0.2) is 0 Å². The molecule has 0 bridgehead atoms. The number of carbonyl (C=O) groups excluding carboxylic acids is 1. The molecule has 0 atom stereocenters. The summed E-state index contributed by atoms with van der Waals surface area (Å²) in [4.78, 5) is 11.6. The van der Waals surface area contributed by atoms with E-state index in [-0.39, 0.29) is 5.97 Å². The topological polar surface area (TPSA) is 26.3 Å². The number of unbranched alkanes of at least 4 members (excludes halogenated alkanes) is 23. The molecule has 2 heteroatoms. The number of hydrogen-bond acceptors (Lipinski definition) is 2. The highest BCUT2D eigenvalue weighted by atomic mass is 16.5. The Labute approximate surface area is 203 Å². The van der Waals surface area contributed by atoms with Crippen molar-refractivity contribution < 1.29 is 9.53 Å². The number of esters is 1. The molecule has 192 valence electrons. The molecule has 0 fully saturated rings. The van der Waals surface area contributed by atoms with Gasteiger partial charge in [-0.25, -0.2) is 0 Å². The fourth-order valence-corrected chi connectivity index (χ4v) is 4.49. The van der Waals surface area contributed by atoms with Crippen LogP contribution in [0.4, 0.5) is 0 Å². The quantitative estimate of drug-likeness (QED) is 0.0914. The van der Waals surface area contributed by atoms with Crippen LogP contribution in [-0.4, -0.2) is 12.6 Å². The van der Waals surface area contributed by atoms with Gasteiger partial charge in [-0.2, -0.15) is 0 Å². The van der Waals surface area contributed by atoms with Crippen LogP contribution in [0.15, 0.2) is 0 Å². The maximum absolute atomic E-state index is 11.6. The molecule has 0 aromatic rings. The molecule has 0 N–H and O–H groups in total. The Bertz CT molecular complexity index is 353. The van der Waals surface area contributed by atoms with Crippen molar-refractivity contribution in [1.29, 1.82) is 0 Å². The summed E-state index contributed by atoms with van der Waals surface area (Å²) in [6.07, 6.45) is 34.6. The molecule has 2 nitrogen and oxygen atoms in total. The molecule has 0 heterocycles. The van der Waals surface area contributed by atoms with E-state index in [0.29, 0.717) is 13.0 Å². The predicted octanol–water partition coefficient (Wildman–Crippen LogP) is 10.7. The van der Waals surface area contributed by atoms with Gasteiger partial charge in [0.05, 0.1) is 6.61 Å². The van der Waals surface area contributed by atoms with E-state index in [2.05, 4.69) is 13.8 Å². The molecule has 0 aliphatic carbocycles. The van der Waals surface area contributed by atoms with Gasteiger partial charge in [-0.3, -0.25) is 4.79 Å². The van der Waals surface area contributed by atoms with Gasteiger partial charge in [-0.15, -0.1) is 0 Å². The Morgan fingerprint density at radius 2 is 0.688 bits per heavy atom. The van der Waals surface area contributed by atoms with Crippen LogP contribution in [0.1, 0.15) is 181 Å². The second-order valence-corrected chi connectivity index (χ2v) is 10.1. The van der Waals surface area contributed by atoms with E-state index in [1.807, 2.05) is 0 Å². The first kappa shape index (κ1) is 31.5. The summed E-state index contributed by atoms with van der Waals surface area (Å²) in [5.74, 6) is 0.00858. The maximum Gasteiger partial charge on any atom is 0.305 e. The molecule has 0 aromatic carbocycles. The van der Waals surface area contributed by atoms with Crippen LogP contribution < -0.4 is 0 Å². The fourth-order valence-electron chi connectivity index (χ4n) is 4.49. The summed E-state index contributed by atoms with van der Waals surface area (Å²) in [5, 5.41) is 0. The number of hydrogen-bond donors (Lipinski definition) is 0. The minimum Gasteiger partial charge on any atom is -0.466 e. The number of ether oxygens (including phenoxy) is 1. The second-order valence-electron chi connectivity index (χ2n) is 10.1. The Morgan fingerprint density at radius 3 is 1.03 bits per heavy atom. The second kappa shape index (κ2) is 28.5. The zero-order chi connectivity index (χ0) is 23.4. The van der Waals surface area contributed by atoms with Gasteiger partial charge < -0.3 is 4.74 Å². The number of carbonyl (C=O) groups is 1. The van der Waals surface area contributed by atoms with Crippen LogP contribution in [0.5, 0.6) is 0 Å². The summed E-state index contributed by atoms with van der Waals surface area (Å²) in [6.45, 7) is 5.12. The van der Waals surface area contributed by atoms with Crippen LogP contribution >= 0.6 is 0 Å². The van der Waals surface area contributed by atoms with Gasteiger partial charge in [0, 0.05) is 6.42 Å². The van der Waals surface area contributed by atoms with Crippen molar-refractivity contribution in [3.8, 4) is 0 Å². The third-order valence-corrected chi connectivity index (χ3v) is 6.75. The van der Waals surface area contributed by atoms with Gasteiger partial charge in [-0.05, 0) is 12.8 Å². The summed E-state index contributed by atoms with van der Waals surface area (Å²) < 4.78 is 5.32. The van der Waals surface area contributed by atoms with E-state index < -0.39 is 0 Å². The largest absolute Gasteiger partial charge is 0.466 e. The first-order valence-electron chi connectivity index (χ1n) is 15.0. The van der Waals surface area contributed by atoms with Crippen LogP contribution in [0, 0.1) is 0 Å². The minimum absolute atomic E-state index is 0.00858. The molecule has 0 unspecified atom stereocenters. The monoisotopic (exact) mass is 452 g/mol. The smallest absolute Gasteiger partial charge is 0.305 e. The molecule has 0 saturated heterocycles. The average molecular weight is 453 g/mol. The number of rotatable bonds is 27. The van der Waals surface area contributed by atoms with Crippen molar-refractivity contribution in [3.63, 3.8) is 0 Å². The van der Waals surface area contributed by atoms with Gasteiger partial charge >= 0.3 is 5.97 Å². The summed E-state index contributed by atoms with van der Waals surface area (Å²) >= 11 is 0. The Morgan fingerprint density at radius 1 is 0.406 bits per heavy atom. The SMILES string of the molecule is CCCCCCCCCCCCCCCCCCCCCCCOC(=O)CCCCCC. The lowest BCUT2D eigenvalue weighted by molar-refractivity contribution is -0.143. The molecule has 0 amide bonds. The van der Waals surface area contributed by atoms with Gasteiger partial charge in [0.25, 0.3) is 0 Å². The van der Waals surface area contributed by atoms with Crippen molar-refractivity contribution in [2.24, 2.45) is 0 Å². The van der Waals surface area contributed by atoms with Crippen LogP contribution in [0.3, 0.4) is 0 Å². The third-order valence-electron chi connectivity index (χ3n) is 6.75. The van der Waals surface area contributed by atoms with Crippen molar-refractivity contribution in [2.75, 3.05) is 6.61 Å². The fraction of sp³-hybridized carbons (Fsp3) is 0.967. The van der Waals surface area contributed by atoms with Gasteiger partial charge in [0.1, 0.15) is 0 Å².